The maximum atomic E-state index is 10.8. The number of amides is 1. The quantitative estimate of drug-likeness (QED) is 0.435. The van der Waals surface area contributed by atoms with Gasteiger partial charge in [-0.25, -0.2) is 5.06 Å². The van der Waals surface area contributed by atoms with Crippen LogP contribution in [0.15, 0.2) is 12.2 Å². The van der Waals surface area contributed by atoms with E-state index in [-0.39, 0.29) is 5.91 Å². The number of hydrogen-bond donors (Lipinski definition) is 0. The van der Waals surface area contributed by atoms with Gasteiger partial charge in [-0.2, -0.15) is 0 Å². The summed E-state index contributed by atoms with van der Waals surface area (Å²) in [6, 6.07) is 0. The zero-order valence-electron chi connectivity index (χ0n) is 6.63. The molecule has 0 atom stereocenters. The van der Waals surface area contributed by atoms with Crippen LogP contribution < -0.4 is 0 Å². The van der Waals surface area contributed by atoms with Crippen LogP contribution in [0.5, 0.6) is 0 Å². The van der Waals surface area contributed by atoms with Gasteiger partial charge in [-0.15, -0.1) is 0 Å². The molecule has 0 aliphatic heterocycles. The highest BCUT2D eigenvalue weighted by Crippen LogP contribution is 1.87. The Morgan fingerprint density at radius 3 is 2.70 bits per heavy atom. The lowest BCUT2D eigenvalue weighted by atomic mass is 10.5. The molecule has 0 radical (unpaired) electrons. The Labute approximate surface area is 61.2 Å². The maximum Gasteiger partial charge on any atom is 0.269 e. The summed E-state index contributed by atoms with van der Waals surface area (Å²) >= 11 is 0. The van der Waals surface area contributed by atoms with Gasteiger partial charge in [0.05, 0.1) is 6.61 Å². The predicted molar refractivity (Wildman–Crippen MR) is 39.2 cm³/mol. The Morgan fingerprint density at radius 2 is 2.30 bits per heavy atom. The standard InChI is InChI=1S/C7H13NO2/c1-4-6-7(9)8(3)10-5-2/h4,6H,5H2,1-3H3/b6-4-. The fraction of sp³-hybridized carbons (Fsp3) is 0.571. The number of carbonyl (C=O) groups is 1. The molecule has 0 saturated heterocycles. The van der Waals surface area contributed by atoms with E-state index in [4.69, 9.17) is 4.84 Å². The van der Waals surface area contributed by atoms with E-state index in [1.807, 2.05) is 6.92 Å². The number of rotatable bonds is 3. The van der Waals surface area contributed by atoms with Crippen LogP contribution in [0.3, 0.4) is 0 Å². The largest absolute Gasteiger partial charge is 0.271 e. The molecular formula is C7H13NO2. The van der Waals surface area contributed by atoms with Gasteiger partial charge in [-0.3, -0.25) is 9.63 Å². The molecule has 0 aliphatic rings. The Kier molecular flexibility index (Phi) is 4.58. The van der Waals surface area contributed by atoms with Crippen molar-refractivity contribution in [2.24, 2.45) is 0 Å². The second-order valence-corrected chi connectivity index (χ2v) is 1.75. The van der Waals surface area contributed by atoms with Gasteiger partial charge in [-0.1, -0.05) is 6.08 Å². The van der Waals surface area contributed by atoms with Gasteiger partial charge in [0.25, 0.3) is 5.91 Å². The Balaban J connectivity index is 3.70. The first-order chi connectivity index (χ1) is 4.72. The van der Waals surface area contributed by atoms with Gasteiger partial charge in [0.2, 0.25) is 0 Å². The van der Waals surface area contributed by atoms with Gasteiger partial charge in [0.1, 0.15) is 0 Å². The molecule has 1 amide bonds. The summed E-state index contributed by atoms with van der Waals surface area (Å²) in [5.41, 5.74) is 0. The second kappa shape index (κ2) is 4.99. The fourth-order valence-corrected chi connectivity index (χ4v) is 0.505. The van der Waals surface area contributed by atoms with E-state index >= 15 is 0 Å². The van der Waals surface area contributed by atoms with E-state index in [0.29, 0.717) is 6.61 Å². The van der Waals surface area contributed by atoms with Crippen molar-refractivity contribution in [3.8, 4) is 0 Å². The lowest BCUT2D eigenvalue weighted by molar-refractivity contribution is -0.170. The monoisotopic (exact) mass is 143 g/mol. The summed E-state index contributed by atoms with van der Waals surface area (Å²) < 4.78 is 0. The number of allylic oxidation sites excluding steroid dienone is 1. The molecule has 0 bridgehead atoms. The number of nitrogens with zero attached hydrogens (tertiary/aromatic N) is 1. The summed E-state index contributed by atoms with van der Waals surface area (Å²) in [5, 5.41) is 1.21. The molecule has 0 unspecified atom stereocenters. The molecule has 0 heterocycles. The lowest BCUT2D eigenvalue weighted by Crippen LogP contribution is -2.24. The third-order valence-electron chi connectivity index (χ3n) is 0.942. The van der Waals surface area contributed by atoms with Crippen molar-refractivity contribution in [2.45, 2.75) is 13.8 Å². The van der Waals surface area contributed by atoms with Crippen LogP contribution in [0.4, 0.5) is 0 Å². The van der Waals surface area contributed by atoms with Gasteiger partial charge in [0, 0.05) is 13.1 Å². The first-order valence-corrected chi connectivity index (χ1v) is 3.25. The average molecular weight is 143 g/mol. The molecule has 0 rings (SSSR count). The molecule has 0 saturated carbocycles. The molecule has 0 aliphatic carbocycles. The number of likely N-dealkylation sites (N-methyl/N-ethyl adjacent to an activating group) is 1. The molecule has 3 heteroatoms. The average Bonchev–Trinajstić information content (AvgIpc) is 1.89. The molecule has 0 fully saturated rings. The number of carbonyl (C=O) groups excluding carboxylic acids is 1. The first-order valence-electron chi connectivity index (χ1n) is 3.25. The highest BCUT2D eigenvalue weighted by atomic mass is 16.7. The molecule has 0 N–H and O–H groups in total. The van der Waals surface area contributed by atoms with Crippen LogP contribution >= 0.6 is 0 Å². The van der Waals surface area contributed by atoms with E-state index in [0.717, 1.165) is 0 Å². The molecule has 10 heavy (non-hydrogen) atoms. The van der Waals surface area contributed by atoms with Crippen LogP contribution in [0.2, 0.25) is 0 Å². The molecule has 0 spiro atoms. The van der Waals surface area contributed by atoms with E-state index in [9.17, 15) is 4.79 Å². The van der Waals surface area contributed by atoms with Gasteiger partial charge in [-0.05, 0) is 13.8 Å². The smallest absolute Gasteiger partial charge is 0.269 e. The third-order valence-corrected chi connectivity index (χ3v) is 0.942. The normalized spacial score (nSPS) is 10.3. The summed E-state index contributed by atoms with van der Waals surface area (Å²) in [6.45, 7) is 4.14. The highest BCUT2D eigenvalue weighted by molar-refractivity contribution is 5.86. The zero-order valence-corrected chi connectivity index (χ0v) is 6.63. The Morgan fingerprint density at radius 1 is 1.70 bits per heavy atom. The lowest BCUT2D eigenvalue weighted by Gasteiger charge is -2.12. The van der Waals surface area contributed by atoms with Crippen molar-refractivity contribution in [1.82, 2.24) is 5.06 Å². The Bertz CT molecular complexity index is 132. The summed E-state index contributed by atoms with van der Waals surface area (Å²) in [4.78, 5) is 15.7. The van der Waals surface area contributed by atoms with Crippen molar-refractivity contribution in [3.63, 3.8) is 0 Å². The van der Waals surface area contributed by atoms with Crippen molar-refractivity contribution in [1.29, 1.82) is 0 Å². The van der Waals surface area contributed by atoms with Crippen molar-refractivity contribution >= 4 is 5.91 Å². The van der Waals surface area contributed by atoms with Crippen molar-refractivity contribution in [2.75, 3.05) is 13.7 Å². The minimum absolute atomic E-state index is 0.135. The van der Waals surface area contributed by atoms with Gasteiger partial charge < -0.3 is 0 Å². The van der Waals surface area contributed by atoms with Crippen LogP contribution in [-0.2, 0) is 9.63 Å². The summed E-state index contributed by atoms with van der Waals surface area (Å²) in [5.74, 6) is -0.135. The number of hydroxylamine groups is 2. The van der Waals surface area contributed by atoms with Crippen molar-refractivity contribution < 1.29 is 9.63 Å². The summed E-state index contributed by atoms with van der Waals surface area (Å²) in [6.07, 6.45) is 3.13. The molecule has 0 aromatic carbocycles. The van der Waals surface area contributed by atoms with Gasteiger partial charge >= 0.3 is 0 Å². The molecule has 58 valence electrons. The van der Waals surface area contributed by atoms with Crippen LogP contribution in [0.1, 0.15) is 13.8 Å². The summed E-state index contributed by atoms with van der Waals surface area (Å²) in [7, 11) is 1.59. The van der Waals surface area contributed by atoms with Crippen LogP contribution in [-0.4, -0.2) is 24.6 Å². The SMILES string of the molecule is C/C=C\C(=O)N(C)OCC. The maximum absolute atomic E-state index is 10.8. The Hall–Kier alpha value is -0.830. The van der Waals surface area contributed by atoms with Crippen LogP contribution in [0.25, 0.3) is 0 Å². The number of hydrogen-bond acceptors (Lipinski definition) is 2. The fourth-order valence-electron chi connectivity index (χ4n) is 0.505. The van der Waals surface area contributed by atoms with E-state index in [1.54, 1.807) is 20.0 Å². The van der Waals surface area contributed by atoms with E-state index in [2.05, 4.69) is 0 Å². The van der Waals surface area contributed by atoms with Crippen LogP contribution in [0, 0.1) is 0 Å². The molecular weight excluding hydrogens is 130 g/mol. The molecule has 0 aromatic heterocycles. The minimum Gasteiger partial charge on any atom is -0.271 e. The topological polar surface area (TPSA) is 29.5 Å². The predicted octanol–water partition coefficient (Wildman–Crippen LogP) is 0.972. The van der Waals surface area contributed by atoms with E-state index in [1.165, 1.54) is 11.1 Å². The van der Waals surface area contributed by atoms with Gasteiger partial charge in [0.15, 0.2) is 0 Å². The first kappa shape index (κ1) is 9.17. The second-order valence-electron chi connectivity index (χ2n) is 1.75. The molecule has 3 nitrogen and oxygen atoms in total. The highest BCUT2D eigenvalue weighted by Gasteiger charge is 2.01. The van der Waals surface area contributed by atoms with E-state index < -0.39 is 0 Å². The molecule has 0 aromatic rings. The minimum atomic E-state index is -0.135. The third kappa shape index (κ3) is 3.25. The zero-order chi connectivity index (χ0) is 7.98. The van der Waals surface area contributed by atoms with Crippen molar-refractivity contribution in [3.05, 3.63) is 12.2 Å².